The van der Waals surface area contributed by atoms with Crippen molar-refractivity contribution in [1.82, 2.24) is 0 Å². The first-order chi connectivity index (χ1) is 10.1. The lowest BCUT2D eigenvalue weighted by Gasteiger charge is -2.10. The quantitative estimate of drug-likeness (QED) is 0.792. The van der Waals surface area contributed by atoms with E-state index in [2.05, 4.69) is 21.2 Å². The van der Waals surface area contributed by atoms with E-state index in [1.54, 1.807) is 30.3 Å². The summed E-state index contributed by atoms with van der Waals surface area (Å²) in [6.07, 6.45) is 0. The third-order valence-electron chi connectivity index (χ3n) is 2.99. The molecular weight excluding hydrogens is 360 g/mol. The molecule has 0 unspecified atom stereocenters. The van der Waals surface area contributed by atoms with Gasteiger partial charge in [-0.25, -0.2) is 0 Å². The average Bonchev–Trinajstić information content (AvgIpc) is 2.90. The number of halogens is 2. The summed E-state index contributed by atoms with van der Waals surface area (Å²) in [7, 11) is 0. The van der Waals surface area contributed by atoms with Gasteiger partial charge >= 0.3 is 0 Å². The van der Waals surface area contributed by atoms with Crippen molar-refractivity contribution in [2.75, 3.05) is 17.8 Å². The molecule has 2 aromatic rings. The van der Waals surface area contributed by atoms with Gasteiger partial charge in [-0.3, -0.25) is 4.79 Å². The van der Waals surface area contributed by atoms with Gasteiger partial charge in [0.1, 0.15) is 0 Å². The molecule has 5 nitrogen and oxygen atoms in total. The van der Waals surface area contributed by atoms with Gasteiger partial charge in [-0.15, -0.1) is 0 Å². The van der Waals surface area contributed by atoms with Gasteiger partial charge in [-0.05, 0) is 34.1 Å². The molecule has 0 fully saturated rings. The van der Waals surface area contributed by atoms with E-state index in [9.17, 15) is 4.79 Å². The van der Waals surface area contributed by atoms with E-state index in [0.717, 1.165) is 0 Å². The van der Waals surface area contributed by atoms with Gasteiger partial charge in [0, 0.05) is 11.8 Å². The highest BCUT2D eigenvalue weighted by Crippen LogP contribution is 2.36. The number of benzene rings is 2. The topological polar surface area (TPSA) is 73.6 Å². The zero-order valence-corrected chi connectivity index (χ0v) is 13.0. The third-order valence-corrected chi connectivity index (χ3v) is 4.39. The number of nitrogen functional groups attached to an aromatic ring is 1. The van der Waals surface area contributed by atoms with E-state index in [4.69, 9.17) is 26.8 Å². The number of carbonyl (C=O) groups is 1. The van der Waals surface area contributed by atoms with E-state index in [1.807, 2.05) is 0 Å². The summed E-state index contributed by atoms with van der Waals surface area (Å²) in [5, 5.41) is 3.26. The van der Waals surface area contributed by atoms with Crippen LogP contribution in [-0.4, -0.2) is 12.7 Å². The second kappa shape index (κ2) is 5.46. The molecule has 0 radical (unpaired) electrons. The summed E-state index contributed by atoms with van der Waals surface area (Å²) in [4.78, 5) is 12.3. The summed E-state index contributed by atoms with van der Waals surface area (Å²) >= 11 is 9.32. The van der Waals surface area contributed by atoms with Crippen molar-refractivity contribution in [2.45, 2.75) is 0 Å². The molecule has 0 spiro atoms. The molecule has 0 atom stereocenters. The van der Waals surface area contributed by atoms with Crippen molar-refractivity contribution in [1.29, 1.82) is 0 Å². The molecule has 1 aliphatic rings. The molecule has 1 amide bonds. The molecule has 0 bridgehead atoms. The third kappa shape index (κ3) is 2.64. The van der Waals surface area contributed by atoms with Crippen molar-refractivity contribution in [3.05, 3.63) is 45.4 Å². The lowest BCUT2D eigenvalue weighted by molar-refractivity contribution is 0.102. The van der Waals surface area contributed by atoms with Gasteiger partial charge < -0.3 is 20.5 Å². The Bertz CT molecular complexity index is 736. The fourth-order valence-electron chi connectivity index (χ4n) is 1.94. The second-order valence-electron chi connectivity index (χ2n) is 4.35. The highest BCUT2D eigenvalue weighted by molar-refractivity contribution is 9.10. The predicted octanol–water partition coefficient (Wildman–Crippen LogP) is 3.67. The van der Waals surface area contributed by atoms with Crippen LogP contribution in [0.1, 0.15) is 10.4 Å². The molecular formula is C14H10BrClN2O3. The first-order valence-corrected chi connectivity index (χ1v) is 7.18. The molecule has 7 heteroatoms. The minimum atomic E-state index is -0.353. The first-order valence-electron chi connectivity index (χ1n) is 6.01. The molecule has 3 rings (SSSR count). The van der Waals surface area contributed by atoms with Crippen LogP contribution in [0, 0.1) is 0 Å². The number of hydrogen-bond donors (Lipinski definition) is 2. The molecule has 3 N–H and O–H groups in total. The van der Waals surface area contributed by atoms with Crippen LogP contribution in [0.4, 0.5) is 11.4 Å². The van der Waals surface area contributed by atoms with E-state index >= 15 is 0 Å². The Morgan fingerprint density at radius 1 is 1.29 bits per heavy atom. The van der Waals surface area contributed by atoms with E-state index < -0.39 is 0 Å². The molecule has 21 heavy (non-hydrogen) atoms. The normalized spacial score (nSPS) is 12.3. The van der Waals surface area contributed by atoms with Crippen LogP contribution in [0.15, 0.2) is 34.8 Å². The number of hydrogen-bond acceptors (Lipinski definition) is 4. The number of rotatable bonds is 2. The number of carbonyl (C=O) groups excluding carboxylic acids is 1. The molecule has 1 aliphatic heterocycles. The van der Waals surface area contributed by atoms with Gasteiger partial charge in [0.05, 0.1) is 20.7 Å². The maximum Gasteiger partial charge on any atom is 0.257 e. The number of amides is 1. The number of fused-ring (bicyclic) bond motifs is 1. The Morgan fingerprint density at radius 2 is 2.00 bits per heavy atom. The van der Waals surface area contributed by atoms with Crippen molar-refractivity contribution >= 4 is 44.8 Å². The molecule has 0 saturated heterocycles. The minimum Gasteiger partial charge on any atom is -0.454 e. The molecule has 0 saturated carbocycles. The standard InChI is InChI=1S/C14H10BrClN2O3/c15-13-8(16)2-1-3-10(13)18-14(19)7-4-11-12(5-9(7)17)21-6-20-11/h1-5H,6,17H2,(H,18,19). The summed E-state index contributed by atoms with van der Waals surface area (Å²) in [5.74, 6) is 0.682. The summed E-state index contributed by atoms with van der Waals surface area (Å²) in [5.41, 5.74) is 7.07. The van der Waals surface area contributed by atoms with Crippen LogP contribution in [0.5, 0.6) is 11.5 Å². The van der Waals surface area contributed by atoms with Crippen molar-refractivity contribution in [3.8, 4) is 11.5 Å². The Balaban J connectivity index is 1.91. The molecule has 2 aromatic carbocycles. The van der Waals surface area contributed by atoms with Crippen LogP contribution in [-0.2, 0) is 0 Å². The molecule has 108 valence electrons. The van der Waals surface area contributed by atoms with Gasteiger partial charge in [-0.1, -0.05) is 17.7 Å². The molecule has 0 aliphatic carbocycles. The van der Waals surface area contributed by atoms with Crippen molar-refractivity contribution in [3.63, 3.8) is 0 Å². The molecule has 1 heterocycles. The smallest absolute Gasteiger partial charge is 0.257 e. The minimum absolute atomic E-state index is 0.125. The number of nitrogens with two attached hydrogens (primary N) is 1. The van der Waals surface area contributed by atoms with Crippen molar-refractivity contribution < 1.29 is 14.3 Å². The average molecular weight is 370 g/mol. The highest BCUT2D eigenvalue weighted by Gasteiger charge is 2.20. The van der Waals surface area contributed by atoms with Crippen molar-refractivity contribution in [2.24, 2.45) is 0 Å². The Morgan fingerprint density at radius 3 is 2.76 bits per heavy atom. The zero-order valence-electron chi connectivity index (χ0n) is 10.7. The summed E-state index contributed by atoms with van der Waals surface area (Å²) in [6.45, 7) is 0.125. The van der Waals surface area contributed by atoms with Gasteiger partial charge in [-0.2, -0.15) is 0 Å². The molecule has 0 aromatic heterocycles. The fraction of sp³-hybridized carbons (Fsp3) is 0.0714. The Labute approximate surface area is 134 Å². The van der Waals surface area contributed by atoms with E-state index in [-0.39, 0.29) is 12.7 Å². The SMILES string of the molecule is Nc1cc2c(cc1C(=O)Nc1cccc(Cl)c1Br)OCO2. The monoisotopic (exact) mass is 368 g/mol. The van der Waals surface area contributed by atoms with Crippen LogP contribution in [0.25, 0.3) is 0 Å². The van der Waals surface area contributed by atoms with Crippen LogP contribution < -0.4 is 20.5 Å². The van der Waals surface area contributed by atoms with Crippen LogP contribution >= 0.6 is 27.5 Å². The second-order valence-corrected chi connectivity index (χ2v) is 5.55. The van der Waals surface area contributed by atoms with Gasteiger partial charge in [0.15, 0.2) is 11.5 Å². The van der Waals surface area contributed by atoms with Crippen LogP contribution in [0.2, 0.25) is 5.02 Å². The zero-order chi connectivity index (χ0) is 15.0. The van der Waals surface area contributed by atoms with E-state index in [0.29, 0.717) is 37.9 Å². The highest BCUT2D eigenvalue weighted by atomic mass is 79.9. The van der Waals surface area contributed by atoms with Crippen LogP contribution in [0.3, 0.4) is 0 Å². The predicted molar refractivity (Wildman–Crippen MR) is 84.1 cm³/mol. The van der Waals surface area contributed by atoms with Gasteiger partial charge in [0.2, 0.25) is 6.79 Å². The summed E-state index contributed by atoms with van der Waals surface area (Å²) in [6, 6.07) is 8.33. The largest absolute Gasteiger partial charge is 0.454 e. The lowest BCUT2D eigenvalue weighted by atomic mass is 10.1. The van der Waals surface area contributed by atoms with E-state index in [1.165, 1.54) is 0 Å². The number of ether oxygens (including phenoxy) is 2. The lowest BCUT2D eigenvalue weighted by Crippen LogP contribution is -2.14. The summed E-state index contributed by atoms with van der Waals surface area (Å²) < 4.78 is 11.1. The Kier molecular flexibility index (Phi) is 3.65. The first kappa shape index (κ1) is 14.0. The number of nitrogens with one attached hydrogen (secondary N) is 1. The maximum absolute atomic E-state index is 12.3. The fourth-order valence-corrected chi connectivity index (χ4v) is 2.48. The maximum atomic E-state index is 12.3. The van der Waals surface area contributed by atoms with Gasteiger partial charge in [0.25, 0.3) is 5.91 Å². The number of anilines is 2. The Hall–Kier alpha value is -1.92.